The van der Waals surface area contributed by atoms with Crippen LogP contribution in [-0.4, -0.2) is 42.6 Å². The Morgan fingerprint density at radius 2 is 0.692 bits per heavy atom. The summed E-state index contributed by atoms with van der Waals surface area (Å²) in [6.45, 7) is 11.0. The molecule has 0 saturated heterocycles. The van der Waals surface area contributed by atoms with Gasteiger partial charge in [0.05, 0.1) is 13.2 Å². The van der Waals surface area contributed by atoms with Gasteiger partial charge in [-0.05, 0) is 58.2 Å². The number of hydrogen-bond acceptors (Lipinski definition) is 4. The van der Waals surface area contributed by atoms with Crippen molar-refractivity contribution in [3.63, 3.8) is 0 Å². The number of rotatable bonds is 33. The van der Waals surface area contributed by atoms with Gasteiger partial charge < -0.3 is 9.79 Å². The number of phosphoric ester groups is 1. The van der Waals surface area contributed by atoms with E-state index in [2.05, 4.69) is 25.7 Å². The molecule has 1 N–H and O–H groups in total. The predicted molar refractivity (Wildman–Crippen MR) is 171 cm³/mol. The Balaban J connectivity index is 4.02. The van der Waals surface area contributed by atoms with Crippen LogP contribution in [0.3, 0.4) is 0 Å². The maximum absolute atomic E-state index is 12.1. The Morgan fingerprint density at radius 1 is 0.436 bits per heavy atom. The van der Waals surface area contributed by atoms with E-state index in [9.17, 15) is 9.46 Å². The highest BCUT2D eigenvalue weighted by Crippen LogP contribution is 2.43. The van der Waals surface area contributed by atoms with E-state index in [1.807, 2.05) is 0 Å². The van der Waals surface area contributed by atoms with Gasteiger partial charge in [-0.25, -0.2) is 4.57 Å². The van der Waals surface area contributed by atoms with E-state index in [0.29, 0.717) is 13.2 Å². The van der Waals surface area contributed by atoms with E-state index in [-0.39, 0.29) is 0 Å². The zero-order valence-electron chi connectivity index (χ0n) is 26.8. The van der Waals surface area contributed by atoms with E-state index in [1.54, 1.807) is 0 Å². The molecule has 0 spiro atoms. The molecule has 0 aliphatic heterocycles. The number of nitrogens with zero attached hydrogens (tertiary/aromatic N) is 1. The van der Waals surface area contributed by atoms with E-state index in [4.69, 9.17) is 9.05 Å². The van der Waals surface area contributed by atoms with Crippen molar-refractivity contribution >= 4 is 7.82 Å². The third-order valence-electron chi connectivity index (χ3n) is 7.78. The number of phosphoric acid groups is 1. The lowest BCUT2D eigenvalue weighted by Crippen LogP contribution is -2.27. The van der Waals surface area contributed by atoms with Gasteiger partial charge in [0.2, 0.25) is 0 Å². The molecule has 6 heteroatoms. The summed E-state index contributed by atoms with van der Waals surface area (Å²) in [5, 5.41) is 0. The van der Waals surface area contributed by atoms with E-state index in [0.717, 1.165) is 38.6 Å². The molecule has 0 aliphatic carbocycles. The van der Waals surface area contributed by atoms with Crippen LogP contribution in [0.2, 0.25) is 0 Å². The molecule has 1 unspecified atom stereocenters. The van der Waals surface area contributed by atoms with Crippen molar-refractivity contribution in [3.8, 4) is 0 Å². The second-order valence-corrected chi connectivity index (χ2v) is 13.2. The van der Waals surface area contributed by atoms with Crippen LogP contribution in [0.1, 0.15) is 181 Å². The van der Waals surface area contributed by atoms with Gasteiger partial charge in [0, 0.05) is 0 Å². The summed E-state index contributed by atoms with van der Waals surface area (Å²) in [4.78, 5) is 12.6. The molecule has 39 heavy (non-hydrogen) atoms. The predicted octanol–water partition coefficient (Wildman–Crippen LogP) is 11.2. The van der Waals surface area contributed by atoms with Crippen LogP contribution in [0, 0.1) is 0 Å². The minimum absolute atomic E-state index is 0.306. The SMILES string of the molecule is CCCCCCCCCCN(CCCCCCCCCC)CCCCCOP(=O)(O)OCCCCCCCC. The lowest BCUT2D eigenvalue weighted by molar-refractivity contribution is 0.144. The lowest BCUT2D eigenvalue weighted by atomic mass is 10.1. The molecule has 0 aromatic carbocycles. The van der Waals surface area contributed by atoms with Crippen LogP contribution in [-0.2, 0) is 13.6 Å². The summed E-state index contributed by atoms with van der Waals surface area (Å²) >= 11 is 0. The first kappa shape index (κ1) is 39.1. The van der Waals surface area contributed by atoms with Gasteiger partial charge in [-0.15, -0.1) is 0 Å². The Labute approximate surface area is 245 Å². The molecule has 0 amide bonds. The third-order valence-corrected chi connectivity index (χ3v) is 8.80. The maximum Gasteiger partial charge on any atom is 0.472 e. The third kappa shape index (κ3) is 30.8. The summed E-state index contributed by atoms with van der Waals surface area (Å²) in [6.07, 6.45) is 31.7. The summed E-state index contributed by atoms with van der Waals surface area (Å²) in [7, 11) is -3.89. The highest BCUT2D eigenvalue weighted by atomic mass is 31.2. The van der Waals surface area contributed by atoms with E-state index >= 15 is 0 Å². The van der Waals surface area contributed by atoms with E-state index in [1.165, 1.54) is 142 Å². The van der Waals surface area contributed by atoms with Gasteiger partial charge in [0.15, 0.2) is 0 Å². The fraction of sp³-hybridized carbons (Fsp3) is 1.00. The normalized spacial score (nSPS) is 13.4. The molecule has 1 atom stereocenters. The molecule has 0 radical (unpaired) electrons. The van der Waals surface area contributed by atoms with E-state index < -0.39 is 7.82 Å². The molecule has 0 heterocycles. The van der Waals surface area contributed by atoms with Crippen LogP contribution in [0.15, 0.2) is 0 Å². The monoisotopic (exact) mass is 576 g/mol. The molecule has 236 valence electrons. The molecular formula is C33H70NO4P. The average molecular weight is 576 g/mol. The van der Waals surface area contributed by atoms with Gasteiger partial charge in [-0.3, -0.25) is 9.05 Å². The summed E-state index contributed by atoms with van der Waals surface area (Å²) < 4.78 is 22.4. The maximum atomic E-state index is 12.1. The topological polar surface area (TPSA) is 59.0 Å². The Hall–Kier alpha value is 0.0700. The van der Waals surface area contributed by atoms with Crippen LogP contribution in [0.5, 0.6) is 0 Å². The second kappa shape index (κ2) is 31.0. The lowest BCUT2D eigenvalue weighted by Gasteiger charge is -2.22. The zero-order valence-corrected chi connectivity index (χ0v) is 27.7. The average Bonchev–Trinajstić information content (AvgIpc) is 2.92. The highest BCUT2D eigenvalue weighted by Gasteiger charge is 2.20. The minimum Gasteiger partial charge on any atom is -0.303 e. The molecule has 0 bridgehead atoms. The van der Waals surface area contributed by atoms with Crippen LogP contribution >= 0.6 is 7.82 Å². The molecule has 0 aromatic heterocycles. The van der Waals surface area contributed by atoms with Crippen molar-refractivity contribution in [3.05, 3.63) is 0 Å². The van der Waals surface area contributed by atoms with Gasteiger partial charge in [0.25, 0.3) is 0 Å². The van der Waals surface area contributed by atoms with Crippen LogP contribution in [0.25, 0.3) is 0 Å². The Bertz CT molecular complexity index is 500. The minimum atomic E-state index is -3.89. The first-order valence-corrected chi connectivity index (χ1v) is 18.9. The molecule has 5 nitrogen and oxygen atoms in total. The fourth-order valence-electron chi connectivity index (χ4n) is 5.17. The van der Waals surface area contributed by atoms with Crippen molar-refractivity contribution in [1.29, 1.82) is 0 Å². The second-order valence-electron chi connectivity index (χ2n) is 11.8. The molecular weight excluding hydrogens is 505 g/mol. The molecule has 0 aliphatic rings. The van der Waals surface area contributed by atoms with Crippen molar-refractivity contribution in [1.82, 2.24) is 4.90 Å². The van der Waals surface area contributed by atoms with Gasteiger partial charge >= 0.3 is 7.82 Å². The quantitative estimate of drug-likeness (QED) is 0.0623. The first-order valence-electron chi connectivity index (χ1n) is 17.4. The first-order chi connectivity index (χ1) is 19.1. The molecule has 0 rings (SSSR count). The van der Waals surface area contributed by atoms with Crippen molar-refractivity contribution < 1.29 is 18.5 Å². The van der Waals surface area contributed by atoms with Crippen LogP contribution in [0.4, 0.5) is 0 Å². The van der Waals surface area contributed by atoms with Crippen LogP contribution < -0.4 is 0 Å². The van der Waals surface area contributed by atoms with Crippen molar-refractivity contribution in [2.24, 2.45) is 0 Å². The van der Waals surface area contributed by atoms with Gasteiger partial charge in [-0.2, -0.15) is 0 Å². The van der Waals surface area contributed by atoms with Crippen molar-refractivity contribution in [2.75, 3.05) is 32.8 Å². The zero-order chi connectivity index (χ0) is 28.7. The summed E-state index contributed by atoms with van der Waals surface area (Å²) in [5.74, 6) is 0. The fourth-order valence-corrected chi connectivity index (χ4v) is 5.96. The number of hydrogen-bond donors (Lipinski definition) is 1. The standard InChI is InChI=1S/C33H70NO4P/c1-4-7-10-13-16-18-20-24-29-34(30-25-21-19-17-14-11-8-5-2)31-26-23-28-33-38-39(35,36)37-32-27-22-15-12-9-6-3/h4-33H2,1-3H3,(H,35,36). The summed E-state index contributed by atoms with van der Waals surface area (Å²) in [6, 6.07) is 0. The molecule has 0 saturated carbocycles. The van der Waals surface area contributed by atoms with Gasteiger partial charge in [-0.1, -0.05) is 143 Å². The van der Waals surface area contributed by atoms with Gasteiger partial charge in [0.1, 0.15) is 0 Å². The summed E-state index contributed by atoms with van der Waals surface area (Å²) in [5.41, 5.74) is 0. The highest BCUT2D eigenvalue weighted by molar-refractivity contribution is 7.47. The Kier molecular flexibility index (Phi) is 31.1. The Morgan fingerprint density at radius 3 is 1.03 bits per heavy atom. The molecule has 0 fully saturated rings. The number of unbranched alkanes of at least 4 members (excludes halogenated alkanes) is 21. The van der Waals surface area contributed by atoms with Crippen molar-refractivity contribution in [2.45, 2.75) is 181 Å². The smallest absolute Gasteiger partial charge is 0.303 e. The molecule has 0 aromatic rings. The largest absolute Gasteiger partial charge is 0.472 e.